The molecule has 6 nitrogen and oxygen atoms in total. The Hall–Kier alpha value is -2.08. The minimum absolute atomic E-state index is 0.250. The molecule has 1 aromatic heterocycles. The molecule has 1 aromatic carbocycles. The lowest BCUT2D eigenvalue weighted by atomic mass is 10.3. The van der Waals surface area contributed by atoms with E-state index in [0.717, 1.165) is 0 Å². The van der Waals surface area contributed by atoms with Gasteiger partial charge in [0, 0.05) is 10.7 Å². The van der Waals surface area contributed by atoms with Gasteiger partial charge in [0.2, 0.25) is 0 Å². The number of anilines is 1. The number of H-pyrrole nitrogens is 1. The topological polar surface area (TPSA) is 82.7 Å². The number of carbonyl (C=O) groups is 1. The Balaban J connectivity index is 1.91. The van der Waals surface area contributed by atoms with Crippen LogP contribution in [-0.2, 0) is 0 Å². The molecule has 0 fully saturated rings. The maximum absolute atomic E-state index is 11.7. The van der Waals surface area contributed by atoms with Gasteiger partial charge in [-0.05, 0) is 31.2 Å². The summed E-state index contributed by atoms with van der Waals surface area (Å²) in [7, 11) is 0. The van der Waals surface area contributed by atoms with Crippen molar-refractivity contribution in [1.29, 1.82) is 0 Å². The largest absolute Gasteiger partial charge is 0.328 e. The first kappa shape index (κ1) is 12.4. The van der Waals surface area contributed by atoms with Crippen LogP contribution in [0.1, 0.15) is 18.8 Å². The number of carbonyl (C=O) groups excluding carboxylic acids is 1. The maximum atomic E-state index is 11.7. The predicted octanol–water partition coefficient (Wildman–Crippen LogP) is 2.34. The van der Waals surface area contributed by atoms with Crippen molar-refractivity contribution in [2.45, 2.75) is 13.0 Å². The van der Waals surface area contributed by atoms with Gasteiger partial charge in [-0.2, -0.15) is 5.10 Å². The Bertz CT molecular complexity index is 511. The van der Waals surface area contributed by atoms with Crippen LogP contribution in [0.15, 0.2) is 30.6 Å². The van der Waals surface area contributed by atoms with Gasteiger partial charge >= 0.3 is 6.03 Å². The molecule has 0 radical (unpaired) electrons. The lowest BCUT2D eigenvalue weighted by molar-refractivity contribution is 0.249. The van der Waals surface area contributed by atoms with E-state index in [1.165, 1.54) is 6.33 Å². The minimum atomic E-state index is -0.318. The second-order valence-corrected chi connectivity index (χ2v) is 4.13. The van der Waals surface area contributed by atoms with E-state index < -0.39 is 0 Å². The molecule has 2 rings (SSSR count). The monoisotopic (exact) mass is 265 g/mol. The average Bonchev–Trinajstić information content (AvgIpc) is 2.85. The highest BCUT2D eigenvalue weighted by atomic mass is 35.5. The molecule has 0 saturated heterocycles. The normalized spacial score (nSPS) is 11.9. The molecule has 0 aliphatic heterocycles. The van der Waals surface area contributed by atoms with Gasteiger partial charge in [0.1, 0.15) is 12.2 Å². The van der Waals surface area contributed by atoms with Crippen molar-refractivity contribution < 1.29 is 4.79 Å². The Labute approximate surface area is 109 Å². The fourth-order valence-electron chi connectivity index (χ4n) is 1.39. The highest BCUT2D eigenvalue weighted by Gasteiger charge is 2.11. The van der Waals surface area contributed by atoms with E-state index in [0.29, 0.717) is 16.5 Å². The first-order valence-electron chi connectivity index (χ1n) is 5.33. The van der Waals surface area contributed by atoms with Crippen LogP contribution in [0.2, 0.25) is 5.02 Å². The first-order chi connectivity index (χ1) is 8.65. The number of amides is 2. The van der Waals surface area contributed by atoms with E-state index >= 15 is 0 Å². The van der Waals surface area contributed by atoms with Crippen molar-refractivity contribution >= 4 is 23.3 Å². The number of halogens is 1. The van der Waals surface area contributed by atoms with E-state index in [4.69, 9.17) is 11.6 Å². The maximum Gasteiger partial charge on any atom is 0.319 e. The Morgan fingerprint density at radius 2 is 2.11 bits per heavy atom. The summed E-state index contributed by atoms with van der Waals surface area (Å²) in [6, 6.07) is 6.29. The van der Waals surface area contributed by atoms with Crippen LogP contribution in [0.4, 0.5) is 10.5 Å². The summed E-state index contributed by atoms with van der Waals surface area (Å²) >= 11 is 5.75. The molecule has 1 unspecified atom stereocenters. The fraction of sp³-hybridized carbons (Fsp3) is 0.182. The smallest absolute Gasteiger partial charge is 0.319 e. The van der Waals surface area contributed by atoms with Gasteiger partial charge in [-0.1, -0.05) is 11.6 Å². The van der Waals surface area contributed by atoms with Crippen molar-refractivity contribution in [3.63, 3.8) is 0 Å². The molecule has 18 heavy (non-hydrogen) atoms. The van der Waals surface area contributed by atoms with Crippen LogP contribution >= 0.6 is 11.6 Å². The molecule has 2 amide bonds. The number of nitrogens with one attached hydrogen (secondary N) is 3. The van der Waals surface area contributed by atoms with Crippen molar-refractivity contribution in [1.82, 2.24) is 20.5 Å². The average molecular weight is 266 g/mol. The zero-order valence-corrected chi connectivity index (χ0v) is 10.4. The molecule has 1 atom stereocenters. The lowest BCUT2D eigenvalue weighted by Gasteiger charge is -2.12. The molecule has 94 valence electrons. The fourth-order valence-corrected chi connectivity index (χ4v) is 1.51. The Morgan fingerprint density at radius 1 is 1.39 bits per heavy atom. The number of nitrogens with zero attached hydrogens (tertiary/aromatic N) is 2. The van der Waals surface area contributed by atoms with Crippen LogP contribution in [-0.4, -0.2) is 21.2 Å². The van der Waals surface area contributed by atoms with E-state index in [1.54, 1.807) is 24.3 Å². The van der Waals surface area contributed by atoms with Crippen molar-refractivity contribution in [3.8, 4) is 0 Å². The summed E-state index contributed by atoms with van der Waals surface area (Å²) in [5.41, 5.74) is 0.668. The Morgan fingerprint density at radius 3 is 2.72 bits per heavy atom. The number of benzene rings is 1. The molecule has 3 N–H and O–H groups in total. The molecule has 2 aromatic rings. The third-order valence-electron chi connectivity index (χ3n) is 2.29. The number of aromatic amines is 1. The minimum Gasteiger partial charge on any atom is -0.328 e. The predicted molar refractivity (Wildman–Crippen MR) is 68.4 cm³/mol. The van der Waals surface area contributed by atoms with Gasteiger partial charge < -0.3 is 10.6 Å². The van der Waals surface area contributed by atoms with E-state index in [9.17, 15) is 4.79 Å². The van der Waals surface area contributed by atoms with Crippen LogP contribution in [0, 0.1) is 0 Å². The standard InChI is InChI=1S/C11H12ClN5O/c1-7(10-13-6-14-17-10)15-11(18)16-9-4-2-8(12)3-5-9/h2-7H,1H3,(H,13,14,17)(H2,15,16,18). The van der Waals surface area contributed by atoms with E-state index in [2.05, 4.69) is 25.8 Å². The van der Waals surface area contributed by atoms with Gasteiger partial charge in [0.25, 0.3) is 0 Å². The second-order valence-electron chi connectivity index (χ2n) is 3.70. The molecular weight excluding hydrogens is 254 g/mol. The number of rotatable bonds is 3. The zero-order valence-electron chi connectivity index (χ0n) is 9.64. The molecule has 1 heterocycles. The summed E-state index contributed by atoms with van der Waals surface area (Å²) in [6.07, 6.45) is 1.39. The summed E-state index contributed by atoms with van der Waals surface area (Å²) in [5.74, 6) is 0.598. The third kappa shape index (κ3) is 3.21. The number of aromatic nitrogens is 3. The third-order valence-corrected chi connectivity index (χ3v) is 2.55. The van der Waals surface area contributed by atoms with Crippen molar-refractivity contribution in [2.75, 3.05) is 5.32 Å². The summed E-state index contributed by atoms with van der Waals surface area (Å²) in [5, 5.41) is 12.5. The zero-order chi connectivity index (χ0) is 13.0. The van der Waals surface area contributed by atoms with Crippen molar-refractivity contribution in [2.24, 2.45) is 0 Å². The highest BCUT2D eigenvalue weighted by Crippen LogP contribution is 2.13. The van der Waals surface area contributed by atoms with Gasteiger partial charge in [-0.25, -0.2) is 9.78 Å². The van der Waals surface area contributed by atoms with Crippen LogP contribution in [0.3, 0.4) is 0 Å². The number of hydrogen-bond acceptors (Lipinski definition) is 3. The van der Waals surface area contributed by atoms with Gasteiger partial charge in [-0.15, -0.1) is 0 Å². The van der Waals surface area contributed by atoms with Gasteiger partial charge in [0.05, 0.1) is 6.04 Å². The van der Waals surface area contributed by atoms with E-state index in [1.807, 2.05) is 6.92 Å². The SMILES string of the molecule is CC(NC(=O)Nc1ccc(Cl)cc1)c1ncn[nH]1. The highest BCUT2D eigenvalue weighted by molar-refractivity contribution is 6.30. The quantitative estimate of drug-likeness (QED) is 0.797. The Kier molecular flexibility index (Phi) is 3.78. The summed E-state index contributed by atoms with van der Waals surface area (Å²) < 4.78 is 0. The molecule has 7 heteroatoms. The molecule has 0 bridgehead atoms. The van der Waals surface area contributed by atoms with E-state index in [-0.39, 0.29) is 12.1 Å². The van der Waals surface area contributed by atoms with Gasteiger partial charge in [-0.3, -0.25) is 5.10 Å². The van der Waals surface area contributed by atoms with Gasteiger partial charge in [0.15, 0.2) is 0 Å². The van der Waals surface area contributed by atoms with Crippen LogP contribution in [0.25, 0.3) is 0 Å². The lowest BCUT2D eigenvalue weighted by Crippen LogP contribution is -2.31. The molecular formula is C11H12ClN5O. The number of urea groups is 1. The molecule has 0 spiro atoms. The summed E-state index contributed by atoms with van der Waals surface area (Å²) in [4.78, 5) is 15.6. The molecule has 0 saturated carbocycles. The summed E-state index contributed by atoms with van der Waals surface area (Å²) in [6.45, 7) is 1.81. The second kappa shape index (κ2) is 5.50. The van der Waals surface area contributed by atoms with Crippen molar-refractivity contribution in [3.05, 3.63) is 41.4 Å². The number of hydrogen-bond donors (Lipinski definition) is 3. The first-order valence-corrected chi connectivity index (χ1v) is 5.71. The van der Waals surface area contributed by atoms with Crippen LogP contribution < -0.4 is 10.6 Å². The van der Waals surface area contributed by atoms with Crippen LogP contribution in [0.5, 0.6) is 0 Å². The molecule has 0 aliphatic rings. The molecule has 0 aliphatic carbocycles.